The second-order valence-corrected chi connectivity index (χ2v) is 7.61. The highest BCUT2D eigenvalue weighted by atomic mass is 19.4. The predicted molar refractivity (Wildman–Crippen MR) is 86.8 cm³/mol. The Morgan fingerprint density at radius 3 is 1.61 bits per heavy atom. The SMILES string of the molecule is CC(C)COc1ccc(C(C)(O)CC(F)(F)C(F)(F)C(F)(F)C(F)(F)C(F)(F)F)cc1. The summed E-state index contributed by atoms with van der Waals surface area (Å²) in [5.74, 6) is -28.0. The Balaban J connectivity index is 3.20. The second-order valence-electron chi connectivity index (χ2n) is 7.61. The summed E-state index contributed by atoms with van der Waals surface area (Å²) in [4.78, 5) is 0. The van der Waals surface area contributed by atoms with E-state index in [0.717, 1.165) is 24.3 Å². The molecule has 1 aromatic rings. The van der Waals surface area contributed by atoms with Gasteiger partial charge in [0.1, 0.15) is 5.75 Å². The van der Waals surface area contributed by atoms with Gasteiger partial charge in [-0.2, -0.15) is 48.3 Å². The van der Waals surface area contributed by atoms with Crippen molar-refractivity contribution in [1.82, 2.24) is 0 Å². The fraction of sp³-hybridized carbons (Fsp3) is 0.667. The van der Waals surface area contributed by atoms with Crippen molar-refractivity contribution in [2.24, 2.45) is 5.92 Å². The summed E-state index contributed by atoms with van der Waals surface area (Å²) in [6, 6.07) is 4.11. The molecule has 1 rings (SSSR count). The van der Waals surface area contributed by atoms with E-state index in [-0.39, 0.29) is 18.3 Å². The molecular formula is C18H19F11O2. The Kier molecular flexibility index (Phi) is 7.28. The summed E-state index contributed by atoms with van der Waals surface area (Å²) in [5.41, 5.74) is -3.53. The Labute approximate surface area is 170 Å². The van der Waals surface area contributed by atoms with Crippen LogP contribution in [0.1, 0.15) is 32.8 Å². The van der Waals surface area contributed by atoms with Gasteiger partial charge < -0.3 is 9.84 Å². The number of hydrogen-bond acceptors (Lipinski definition) is 2. The van der Waals surface area contributed by atoms with Crippen LogP contribution in [0.15, 0.2) is 24.3 Å². The van der Waals surface area contributed by atoms with E-state index in [1.807, 2.05) is 0 Å². The summed E-state index contributed by atoms with van der Waals surface area (Å²) < 4.78 is 149. The minimum Gasteiger partial charge on any atom is -0.493 e. The van der Waals surface area contributed by atoms with Crippen molar-refractivity contribution in [2.75, 3.05) is 6.61 Å². The molecule has 2 nitrogen and oxygen atoms in total. The van der Waals surface area contributed by atoms with Crippen molar-refractivity contribution in [2.45, 2.75) is 62.7 Å². The van der Waals surface area contributed by atoms with E-state index in [9.17, 15) is 53.4 Å². The first-order valence-corrected chi connectivity index (χ1v) is 8.64. The molecule has 0 amide bonds. The number of benzene rings is 1. The van der Waals surface area contributed by atoms with Crippen LogP contribution in [0.25, 0.3) is 0 Å². The van der Waals surface area contributed by atoms with Gasteiger partial charge in [-0.1, -0.05) is 26.0 Å². The molecule has 0 spiro atoms. The van der Waals surface area contributed by atoms with E-state index < -0.39 is 47.5 Å². The van der Waals surface area contributed by atoms with Gasteiger partial charge in [-0.3, -0.25) is 0 Å². The highest BCUT2D eigenvalue weighted by Crippen LogP contribution is 2.59. The quantitative estimate of drug-likeness (QED) is 0.417. The molecule has 180 valence electrons. The van der Waals surface area contributed by atoms with E-state index in [1.165, 1.54) is 0 Å². The highest BCUT2D eigenvalue weighted by Gasteiger charge is 2.87. The van der Waals surface area contributed by atoms with Crippen molar-refractivity contribution < 1.29 is 58.1 Å². The Morgan fingerprint density at radius 2 is 1.23 bits per heavy atom. The lowest BCUT2D eigenvalue weighted by Gasteiger charge is -2.39. The van der Waals surface area contributed by atoms with Crippen molar-refractivity contribution in [3.05, 3.63) is 29.8 Å². The van der Waals surface area contributed by atoms with Gasteiger partial charge >= 0.3 is 29.9 Å². The standard InChI is InChI=1S/C18H19F11O2/c1-10(2)8-31-12-6-4-11(5-7-12)13(3,30)9-14(19,20)15(21,22)16(23,24)17(25,26)18(27,28)29/h4-7,10,30H,8-9H2,1-3H3. The van der Waals surface area contributed by atoms with Crippen molar-refractivity contribution in [1.29, 1.82) is 0 Å². The van der Waals surface area contributed by atoms with Crippen LogP contribution in [0.5, 0.6) is 5.75 Å². The number of hydrogen-bond donors (Lipinski definition) is 1. The highest BCUT2D eigenvalue weighted by molar-refractivity contribution is 5.31. The summed E-state index contributed by atoms with van der Waals surface area (Å²) in [5, 5.41) is 10.1. The zero-order valence-electron chi connectivity index (χ0n) is 16.3. The fourth-order valence-electron chi connectivity index (χ4n) is 2.42. The molecule has 1 unspecified atom stereocenters. The molecule has 0 heterocycles. The molecular weight excluding hydrogens is 457 g/mol. The normalized spacial score (nSPS) is 16.4. The van der Waals surface area contributed by atoms with Crippen LogP contribution >= 0.6 is 0 Å². The number of alkyl halides is 11. The third-order valence-electron chi connectivity index (χ3n) is 4.23. The van der Waals surface area contributed by atoms with Crippen LogP contribution in [-0.2, 0) is 5.60 Å². The first-order chi connectivity index (χ1) is 13.6. The average Bonchev–Trinajstić information content (AvgIpc) is 2.58. The van der Waals surface area contributed by atoms with Crippen LogP contribution < -0.4 is 4.74 Å². The largest absolute Gasteiger partial charge is 0.493 e. The van der Waals surface area contributed by atoms with E-state index in [4.69, 9.17) is 4.74 Å². The second kappa shape index (κ2) is 8.28. The van der Waals surface area contributed by atoms with Crippen LogP contribution in [0.3, 0.4) is 0 Å². The van der Waals surface area contributed by atoms with Gasteiger partial charge in [0.05, 0.1) is 18.6 Å². The van der Waals surface area contributed by atoms with E-state index in [1.54, 1.807) is 13.8 Å². The molecule has 13 heteroatoms. The Bertz CT molecular complexity index is 738. The number of ether oxygens (including phenoxy) is 1. The Hall–Kier alpha value is -1.79. The fourth-order valence-corrected chi connectivity index (χ4v) is 2.42. The predicted octanol–water partition coefficient (Wildman–Crippen LogP) is 6.42. The molecule has 0 aliphatic carbocycles. The van der Waals surface area contributed by atoms with Crippen LogP contribution in [0.4, 0.5) is 48.3 Å². The minimum absolute atomic E-state index is 0.0974. The zero-order valence-corrected chi connectivity index (χ0v) is 16.3. The van der Waals surface area contributed by atoms with Gasteiger partial charge in [0.25, 0.3) is 0 Å². The third kappa shape index (κ3) is 5.17. The molecule has 0 radical (unpaired) electrons. The maximum absolute atomic E-state index is 14.0. The number of rotatable bonds is 9. The summed E-state index contributed by atoms with van der Waals surface area (Å²) in [6.45, 7) is 4.34. The van der Waals surface area contributed by atoms with Gasteiger partial charge in [-0.05, 0) is 30.5 Å². The Morgan fingerprint density at radius 1 is 0.774 bits per heavy atom. The average molecular weight is 476 g/mol. The van der Waals surface area contributed by atoms with Crippen molar-refractivity contribution >= 4 is 0 Å². The summed E-state index contributed by atoms with van der Waals surface area (Å²) in [6.07, 6.45) is -9.81. The molecule has 0 bridgehead atoms. The lowest BCUT2D eigenvalue weighted by Crippen LogP contribution is -2.67. The van der Waals surface area contributed by atoms with Crippen molar-refractivity contribution in [3.8, 4) is 5.75 Å². The van der Waals surface area contributed by atoms with Crippen LogP contribution in [-0.4, -0.2) is 41.6 Å². The van der Waals surface area contributed by atoms with Gasteiger partial charge in [-0.15, -0.1) is 0 Å². The van der Waals surface area contributed by atoms with Crippen LogP contribution in [0.2, 0.25) is 0 Å². The third-order valence-corrected chi connectivity index (χ3v) is 4.23. The number of halogens is 11. The smallest absolute Gasteiger partial charge is 0.460 e. The molecule has 0 saturated carbocycles. The maximum Gasteiger partial charge on any atom is 0.460 e. The van der Waals surface area contributed by atoms with E-state index in [2.05, 4.69) is 0 Å². The van der Waals surface area contributed by atoms with Gasteiger partial charge in [0.2, 0.25) is 0 Å². The maximum atomic E-state index is 14.0. The molecule has 1 atom stereocenters. The molecule has 0 aliphatic rings. The van der Waals surface area contributed by atoms with Crippen LogP contribution in [0, 0.1) is 5.92 Å². The summed E-state index contributed by atoms with van der Waals surface area (Å²) >= 11 is 0. The lowest BCUT2D eigenvalue weighted by atomic mass is 9.85. The first kappa shape index (κ1) is 27.2. The van der Waals surface area contributed by atoms with E-state index in [0.29, 0.717) is 6.92 Å². The van der Waals surface area contributed by atoms with Gasteiger partial charge in [-0.25, -0.2) is 0 Å². The van der Waals surface area contributed by atoms with E-state index >= 15 is 0 Å². The van der Waals surface area contributed by atoms with Crippen molar-refractivity contribution in [3.63, 3.8) is 0 Å². The molecule has 0 aromatic heterocycles. The molecule has 31 heavy (non-hydrogen) atoms. The molecule has 0 fully saturated rings. The topological polar surface area (TPSA) is 29.5 Å². The molecule has 0 aliphatic heterocycles. The molecule has 1 aromatic carbocycles. The summed E-state index contributed by atoms with van der Waals surface area (Å²) in [7, 11) is 0. The zero-order chi connectivity index (χ0) is 24.7. The first-order valence-electron chi connectivity index (χ1n) is 8.64. The lowest BCUT2D eigenvalue weighted by molar-refractivity contribution is -0.424. The minimum atomic E-state index is -7.51. The monoisotopic (exact) mass is 476 g/mol. The number of aliphatic hydroxyl groups is 1. The van der Waals surface area contributed by atoms with Gasteiger partial charge in [0, 0.05) is 0 Å². The van der Waals surface area contributed by atoms with Gasteiger partial charge in [0.15, 0.2) is 0 Å². The molecule has 1 N–H and O–H groups in total. The molecule has 0 saturated heterocycles.